The van der Waals surface area contributed by atoms with E-state index in [1.54, 1.807) is 7.11 Å². The van der Waals surface area contributed by atoms with Gasteiger partial charge in [0.05, 0.1) is 13.2 Å². The lowest BCUT2D eigenvalue weighted by molar-refractivity contribution is -0.125. The number of piperazine rings is 1. The molecule has 19 heavy (non-hydrogen) atoms. The fourth-order valence-corrected chi connectivity index (χ4v) is 2.77. The van der Waals surface area contributed by atoms with Gasteiger partial charge >= 0.3 is 0 Å². The molecule has 6 nitrogen and oxygen atoms in total. The summed E-state index contributed by atoms with van der Waals surface area (Å²) in [5.74, 6) is 0.100. The summed E-state index contributed by atoms with van der Waals surface area (Å²) >= 11 is 0. The molecule has 1 amide bonds. The van der Waals surface area contributed by atoms with Gasteiger partial charge in [-0.25, -0.2) is 0 Å². The largest absolute Gasteiger partial charge is 0.383 e. The van der Waals surface area contributed by atoms with Crippen LogP contribution in [0, 0.1) is 0 Å². The van der Waals surface area contributed by atoms with E-state index in [0.717, 1.165) is 39.3 Å². The van der Waals surface area contributed by atoms with Crippen molar-refractivity contribution in [3.63, 3.8) is 0 Å². The van der Waals surface area contributed by atoms with E-state index in [0.29, 0.717) is 19.2 Å². The van der Waals surface area contributed by atoms with Gasteiger partial charge in [-0.1, -0.05) is 0 Å². The molecular formula is C13H26N4O2. The molecule has 0 aromatic carbocycles. The maximum absolute atomic E-state index is 11.8. The van der Waals surface area contributed by atoms with E-state index in [4.69, 9.17) is 4.74 Å². The SMILES string of the molecule is COCC(C)NC(=O)CN1CC(N2CCNCC2)C1. The first-order valence-electron chi connectivity index (χ1n) is 7.14. The molecule has 1 atom stereocenters. The Kier molecular flexibility index (Phi) is 5.57. The molecule has 2 aliphatic rings. The Balaban J connectivity index is 1.60. The summed E-state index contributed by atoms with van der Waals surface area (Å²) in [6, 6.07) is 0.731. The van der Waals surface area contributed by atoms with Gasteiger partial charge in [0, 0.05) is 58.5 Å². The second-order valence-corrected chi connectivity index (χ2v) is 5.56. The monoisotopic (exact) mass is 270 g/mol. The Morgan fingerprint density at radius 3 is 2.74 bits per heavy atom. The minimum Gasteiger partial charge on any atom is -0.383 e. The van der Waals surface area contributed by atoms with Gasteiger partial charge in [0.2, 0.25) is 5.91 Å². The first kappa shape index (κ1) is 14.7. The van der Waals surface area contributed by atoms with Crippen molar-refractivity contribution < 1.29 is 9.53 Å². The third-order valence-electron chi connectivity index (χ3n) is 3.80. The predicted molar refractivity (Wildman–Crippen MR) is 74.2 cm³/mol. The van der Waals surface area contributed by atoms with Crippen molar-refractivity contribution in [3.05, 3.63) is 0 Å². The fraction of sp³-hybridized carbons (Fsp3) is 0.923. The van der Waals surface area contributed by atoms with Gasteiger partial charge in [0.15, 0.2) is 0 Å². The number of ether oxygens (including phenoxy) is 1. The highest BCUT2D eigenvalue weighted by Crippen LogP contribution is 2.14. The van der Waals surface area contributed by atoms with E-state index in [1.165, 1.54) is 0 Å². The second-order valence-electron chi connectivity index (χ2n) is 5.56. The average Bonchev–Trinajstić information content (AvgIpc) is 2.34. The normalized spacial score (nSPS) is 23.9. The zero-order chi connectivity index (χ0) is 13.7. The Labute approximate surface area is 115 Å². The molecule has 0 radical (unpaired) electrons. The number of carbonyl (C=O) groups excluding carboxylic acids is 1. The zero-order valence-electron chi connectivity index (χ0n) is 12.0. The van der Waals surface area contributed by atoms with E-state index >= 15 is 0 Å². The molecule has 2 rings (SSSR count). The molecule has 1 unspecified atom stereocenters. The molecule has 0 bridgehead atoms. The summed E-state index contributed by atoms with van der Waals surface area (Å²) in [4.78, 5) is 16.5. The van der Waals surface area contributed by atoms with E-state index in [1.807, 2.05) is 6.92 Å². The predicted octanol–water partition coefficient (Wildman–Crippen LogP) is -1.27. The van der Waals surface area contributed by atoms with Crippen molar-refractivity contribution in [2.45, 2.75) is 19.0 Å². The van der Waals surface area contributed by atoms with E-state index in [2.05, 4.69) is 20.4 Å². The van der Waals surface area contributed by atoms with Gasteiger partial charge < -0.3 is 15.4 Å². The molecule has 2 saturated heterocycles. The van der Waals surface area contributed by atoms with E-state index in [-0.39, 0.29) is 11.9 Å². The summed E-state index contributed by atoms with van der Waals surface area (Å²) in [5.41, 5.74) is 0. The van der Waals surface area contributed by atoms with Crippen molar-refractivity contribution in [1.29, 1.82) is 0 Å². The maximum atomic E-state index is 11.8. The standard InChI is InChI=1S/C13H26N4O2/c1-11(10-19-2)15-13(18)9-16-7-12(8-16)17-5-3-14-4-6-17/h11-12,14H,3-10H2,1-2H3,(H,15,18). The van der Waals surface area contributed by atoms with Crippen LogP contribution in [-0.4, -0.2) is 87.3 Å². The number of methoxy groups -OCH3 is 1. The zero-order valence-corrected chi connectivity index (χ0v) is 12.0. The van der Waals surface area contributed by atoms with Crippen LogP contribution in [0.5, 0.6) is 0 Å². The number of likely N-dealkylation sites (tertiary alicyclic amines) is 1. The Morgan fingerprint density at radius 2 is 2.11 bits per heavy atom. The first-order chi connectivity index (χ1) is 9.19. The molecular weight excluding hydrogens is 244 g/mol. The maximum Gasteiger partial charge on any atom is 0.234 e. The van der Waals surface area contributed by atoms with Crippen LogP contribution in [0.3, 0.4) is 0 Å². The number of nitrogens with one attached hydrogen (secondary N) is 2. The van der Waals surface area contributed by atoms with Crippen LogP contribution in [0.2, 0.25) is 0 Å². The first-order valence-corrected chi connectivity index (χ1v) is 7.14. The highest BCUT2D eigenvalue weighted by Gasteiger charge is 2.33. The minimum atomic E-state index is 0.0859. The summed E-state index contributed by atoms with van der Waals surface area (Å²) in [5, 5.41) is 6.31. The number of hydrogen-bond acceptors (Lipinski definition) is 5. The third-order valence-corrected chi connectivity index (χ3v) is 3.80. The molecule has 2 fully saturated rings. The summed E-state index contributed by atoms with van der Waals surface area (Å²) in [7, 11) is 1.65. The Bertz CT molecular complexity index is 288. The molecule has 110 valence electrons. The summed E-state index contributed by atoms with van der Waals surface area (Å²) < 4.78 is 5.01. The van der Waals surface area contributed by atoms with Gasteiger partial charge in [-0.05, 0) is 6.92 Å². The molecule has 0 saturated carbocycles. The minimum absolute atomic E-state index is 0.0859. The smallest absolute Gasteiger partial charge is 0.234 e. The van der Waals surface area contributed by atoms with Gasteiger partial charge in [-0.2, -0.15) is 0 Å². The van der Waals surface area contributed by atoms with Crippen molar-refractivity contribution in [2.24, 2.45) is 0 Å². The lowest BCUT2D eigenvalue weighted by Gasteiger charge is -2.46. The third kappa shape index (κ3) is 4.42. The topological polar surface area (TPSA) is 56.8 Å². The molecule has 0 aliphatic carbocycles. The van der Waals surface area contributed by atoms with Crippen LogP contribution in [0.4, 0.5) is 0 Å². The van der Waals surface area contributed by atoms with Crippen molar-refractivity contribution in [2.75, 3.05) is 59.5 Å². The lowest BCUT2D eigenvalue weighted by atomic mass is 10.1. The van der Waals surface area contributed by atoms with Gasteiger partial charge in [0.25, 0.3) is 0 Å². The number of rotatable bonds is 6. The molecule has 0 aromatic rings. The van der Waals surface area contributed by atoms with E-state index in [9.17, 15) is 4.79 Å². The second kappa shape index (κ2) is 7.19. The molecule has 0 aromatic heterocycles. The van der Waals surface area contributed by atoms with Crippen LogP contribution in [-0.2, 0) is 9.53 Å². The molecule has 2 N–H and O–H groups in total. The van der Waals surface area contributed by atoms with Crippen LogP contribution in [0.1, 0.15) is 6.92 Å². The average molecular weight is 270 g/mol. The van der Waals surface area contributed by atoms with Crippen LogP contribution < -0.4 is 10.6 Å². The summed E-state index contributed by atoms with van der Waals surface area (Å²) in [6.45, 7) is 9.52. The molecule has 2 aliphatic heterocycles. The highest BCUT2D eigenvalue weighted by molar-refractivity contribution is 5.78. The lowest BCUT2D eigenvalue weighted by Crippen LogP contribution is -2.64. The number of nitrogens with zero attached hydrogens (tertiary/aromatic N) is 2. The van der Waals surface area contributed by atoms with Gasteiger partial charge in [0.1, 0.15) is 0 Å². The van der Waals surface area contributed by atoms with Crippen molar-refractivity contribution in [1.82, 2.24) is 20.4 Å². The van der Waals surface area contributed by atoms with Gasteiger partial charge in [-0.3, -0.25) is 14.6 Å². The van der Waals surface area contributed by atoms with Crippen LogP contribution >= 0.6 is 0 Å². The number of amides is 1. The quantitative estimate of drug-likeness (QED) is 0.630. The van der Waals surface area contributed by atoms with Crippen molar-refractivity contribution >= 4 is 5.91 Å². The fourth-order valence-electron chi connectivity index (χ4n) is 2.77. The van der Waals surface area contributed by atoms with Gasteiger partial charge in [-0.15, -0.1) is 0 Å². The van der Waals surface area contributed by atoms with Crippen LogP contribution in [0.25, 0.3) is 0 Å². The molecule has 0 spiro atoms. The Hall–Kier alpha value is -0.690. The molecule has 6 heteroatoms. The molecule has 2 heterocycles. The highest BCUT2D eigenvalue weighted by atomic mass is 16.5. The van der Waals surface area contributed by atoms with Crippen LogP contribution in [0.15, 0.2) is 0 Å². The number of hydrogen-bond donors (Lipinski definition) is 2. The Morgan fingerprint density at radius 1 is 1.42 bits per heavy atom. The summed E-state index contributed by atoms with van der Waals surface area (Å²) in [6.07, 6.45) is 0. The number of carbonyl (C=O) groups is 1. The van der Waals surface area contributed by atoms with Crippen molar-refractivity contribution in [3.8, 4) is 0 Å². The van der Waals surface area contributed by atoms with E-state index < -0.39 is 0 Å².